The Morgan fingerprint density at radius 2 is 1.80 bits per heavy atom. The first kappa shape index (κ1) is 30.0. The number of anilines is 1. The molecule has 0 N–H and O–H groups in total. The van der Waals surface area contributed by atoms with Crippen molar-refractivity contribution >= 4 is 59.6 Å². The van der Waals surface area contributed by atoms with Gasteiger partial charge in [-0.3, -0.25) is 9.55 Å². The van der Waals surface area contributed by atoms with Crippen LogP contribution in [0.15, 0.2) is 63.2 Å². The van der Waals surface area contributed by atoms with Crippen LogP contribution < -0.4 is 13.8 Å². The predicted molar refractivity (Wildman–Crippen MR) is 165 cm³/mol. The Balaban J connectivity index is 1.95. The van der Waals surface area contributed by atoms with Crippen molar-refractivity contribution < 1.29 is 22.3 Å². The number of rotatable bonds is 11. The fraction of sp³-hybridized carbons (Fsp3) is 0.269. The van der Waals surface area contributed by atoms with Crippen LogP contribution in [0.3, 0.4) is 0 Å². The topological polar surface area (TPSA) is 113 Å². The van der Waals surface area contributed by atoms with Crippen LogP contribution in [0.1, 0.15) is 5.69 Å². The molecule has 0 atom stereocenters. The Morgan fingerprint density at radius 1 is 1.10 bits per heavy atom. The molecule has 214 valence electrons. The molecule has 0 aliphatic heterocycles. The summed E-state index contributed by atoms with van der Waals surface area (Å²) in [6, 6.07) is 10.3. The summed E-state index contributed by atoms with van der Waals surface area (Å²) >= 11 is 9.39. The largest absolute Gasteiger partial charge is 0.494 e. The van der Waals surface area contributed by atoms with Crippen LogP contribution in [0.2, 0.25) is 5.02 Å². The second kappa shape index (κ2) is 12.2. The smallest absolute Gasteiger partial charge is 0.259 e. The number of para-hydroxylation sites is 1. The van der Waals surface area contributed by atoms with Gasteiger partial charge in [-0.1, -0.05) is 17.7 Å². The van der Waals surface area contributed by atoms with Crippen molar-refractivity contribution in [2.75, 3.05) is 49.6 Å². The van der Waals surface area contributed by atoms with Gasteiger partial charge < -0.3 is 13.9 Å². The number of halogens is 2. The van der Waals surface area contributed by atoms with Gasteiger partial charge in [0.15, 0.2) is 5.76 Å². The van der Waals surface area contributed by atoms with Gasteiger partial charge in [0.2, 0.25) is 11.8 Å². The zero-order valence-corrected chi connectivity index (χ0v) is 26.5. The van der Waals surface area contributed by atoms with Gasteiger partial charge >= 0.3 is 0 Å². The summed E-state index contributed by atoms with van der Waals surface area (Å²) in [5.74, 6) is 2.17. The number of ether oxygens (including phenoxy) is 2. The lowest BCUT2D eigenvalue weighted by atomic mass is 10.2. The first-order valence-electron chi connectivity index (χ1n) is 11.8. The molecule has 3 aromatic heterocycles. The van der Waals surface area contributed by atoms with E-state index < -0.39 is 20.1 Å². The molecular formula is C26H29BrClN5O5S2. The SMILES string of the molecule is COc1cccc(OC)c1-n1c(-c2ccco2)nnc1N(CCS(C)(C)C)S(=O)(=O)/C=C/c1ncc(Cl)cc1Br. The number of pyridine rings is 1. The van der Waals surface area contributed by atoms with Gasteiger partial charge in [0, 0.05) is 17.2 Å². The van der Waals surface area contributed by atoms with Crippen molar-refractivity contribution in [3.8, 4) is 28.8 Å². The molecule has 0 aliphatic carbocycles. The lowest BCUT2D eigenvalue weighted by molar-refractivity contribution is 0.391. The molecule has 4 aromatic rings. The third-order valence-electron chi connectivity index (χ3n) is 5.68. The molecule has 1 aromatic carbocycles. The molecule has 4 rings (SSSR count). The molecule has 3 heterocycles. The number of aromatic nitrogens is 4. The van der Waals surface area contributed by atoms with Crippen molar-refractivity contribution in [1.82, 2.24) is 19.7 Å². The van der Waals surface area contributed by atoms with E-state index in [9.17, 15) is 8.42 Å². The second-order valence-corrected chi connectivity index (χ2v) is 17.0. The minimum absolute atomic E-state index is 0.0469. The molecule has 40 heavy (non-hydrogen) atoms. The summed E-state index contributed by atoms with van der Waals surface area (Å²) in [5.41, 5.74) is 0.826. The molecule has 0 saturated heterocycles. The van der Waals surface area contributed by atoms with E-state index in [1.165, 1.54) is 37.1 Å². The average Bonchev–Trinajstić information content (AvgIpc) is 3.57. The van der Waals surface area contributed by atoms with Crippen LogP contribution in [-0.4, -0.2) is 73.5 Å². The highest BCUT2D eigenvalue weighted by atomic mass is 79.9. The molecule has 14 heteroatoms. The Labute approximate surface area is 248 Å². The van der Waals surface area contributed by atoms with Gasteiger partial charge in [0.05, 0.1) is 36.6 Å². The third-order valence-corrected chi connectivity index (χ3v) is 9.37. The summed E-state index contributed by atoms with van der Waals surface area (Å²) in [4.78, 5) is 4.22. The zero-order valence-electron chi connectivity index (χ0n) is 22.5. The lowest BCUT2D eigenvalue weighted by Crippen LogP contribution is -2.35. The summed E-state index contributed by atoms with van der Waals surface area (Å²) in [6.07, 6.45) is 10.7. The normalized spacial score (nSPS) is 12.6. The number of furan rings is 1. The Hall–Kier alpha value is -3.00. The first-order chi connectivity index (χ1) is 18.9. The fourth-order valence-corrected chi connectivity index (χ4v) is 6.49. The van der Waals surface area contributed by atoms with E-state index in [4.69, 9.17) is 25.5 Å². The van der Waals surface area contributed by atoms with Crippen LogP contribution in [-0.2, 0) is 10.0 Å². The van der Waals surface area contributed by atoms with E-state index in [-0.39, 0.29) is 18.3 Å². The number of benzene rings is 1. The van der Waals surface area contributed by atoms with Gasteiger partial charge in [-0.05, 0) is 76.9 Å². The van der Waals surface area contributed by atoms with E-state index in [0.717, 1.165) is 5.41 Å². The minimum Gasteiger partial charge on any atom is -0.494 e. The Kier molecular flexibility index (Phi) is 9.18. The minimum atomic E-state index is -4.11. The maximum Gasteiger partial charge on any atom is 0.259 e. The van der Waals surface area contributed by atoms with Gasteiger partial charge in [0.25, 0.3) is 10.0 Å². The molecule has 0 aliphatic rings. The van der Waals surface area contributed by atoms with Crippen molar-refractivity contribution in [2.45, 2.75) is 0 Å². The summed E-state index contributed by atoms with van der Waals surface area (Å²) in [7, 11) is -2.17. The van der Waals surface area contributed by atoms with Crippen LogP contribution in [0, 0.1) is 0 Å². The lowest BCUT2D eigenvalue weighted by Gasteiger charge is -2.30. The molecule has 0 amide bonds. The monoisotopic (exact) mass is 669 g/mol. The third kappa shape index (κ3) is 6.65. The predicted octanol–water partition coefficient (Wildman–Crippen LogP) is 5.86. The standard InChI is InChI=1S/C26H29BrClN5O5S2/c1-36-21-8-6-9-22(37-2)24(21)33-25(23-10-7-13-38-23)30-31-26(33)32(12-15-39(3,4)5)40(34,35)14-11-20-19(27)16-18(28)17-29-20/h6-11,13-14,16-17H,12,15H2,1-5H3/b14-11+. The van der Waals surface area contributed by atoms with E-state index in [1.807, 2.05) is 0 Å². The van der Waals surface area contributed by atoms with Crippen molar-refractivity contribution in [3.63, 3.8) is 0 Å². The van der Waals surface area contributed by atoms with Crippen molar-refractivity contribution in [3.05, 3.63) is 69.5 Å². The van der Waals surface area contributed by atoms with E-state index in [1.54, 1.807) is 41.0 Å². The number of hydrogen-bond donors (Lipinski definition) is 0. The number of nitrogens with zero attached hydrogens (tertiary/aromatic N) is 5. The van der Waals surface area contributed by atoms with Gasteiger partial charge in [-0.15, -0.1) is 10.2 Å². The molecule has 0 saturated carbocycles. The highest BCUT2D eigenvalue weighted by Crippen LogP contribution is 2.40. The summed E-state index contributed by atoms with van der Waals surface area (Å²) < 4.78 is 48.3. The fourth-order valence-electron chi connectivity index (χ4n) is 3.73. The average molecular weight is 671 g/mol. The zero-order chi connectivity index (χ0) is 29.1. The number of sulfonamides is 1. The van der Waals surface area contributed by atoms with Crippen LogP contribution in [0.5, 0.6) is 11.5 Å². The van der Waals surface area contributed by atoms with Crippen molar-refractivity contribution in [1.29, 1.82) is 0 Å². The number of hydrogen-bond acceptors (Lipinski definition) is 8. The number of methoxy groups -OCH3 is 2. The molecule has 0 unspecified atom stereocenters. The molecule has 0 fully saturated rings. The van der Waals surface area contributed by atoms with Gasteiger partial charge in [0.1, 0.15) is 17.2 Å². The molecular weight excluding hydrogens is 642 g/mol. The van der Waals surface area contributed by atoms with Gasteiger partial charge in [-0.25, -0.2) is 22.8 Å². The van der Waals surface area contributed by atoms with Crippen LogP contribution in [0.4, 0.5) is 5.95 Å². The maximum absolute atomic E-state index is 14.0. The van der Waals surface area contributed by atoms with Crippen LogP contribution >= 0.6 is 37.6 Å². The first-order valence-corrected chi connectivity index (χ1v) is 17.5. The van der Waals surface area contributed by atoms with E-state index in [2.05, 4.69) is 49.9 Å². The Bertz CT molecular complexity index is 1600. The summed E-state index contributed by atoms with van der Waals surface area (Å²) in [6.45, 7) is 0.147. The van der Waals surface area contributed by atoms with E-state index >= 15 is 0 Å². The summed E-state index contributed by atoms with van der Waals surface area (Å²) in [5, 5.41) is 10.2. The van der Waals surface area contributed by atoms with Crippen LogP contribution in [0.25, 0.3) is 23.3 Å². The molecule has 10 nitrogen and oxygen atoms in total. The van der Waals surface area contributed by atoms with E-state index in [0.29, 0.717) is 43.9 Å². The quantitative estimate of drug-likeness (QED) is 0.195. The maximum atomic E-state index is 14.0. The Morgan fingerprint density at radius 3 is 2.38 bits per heavy atom. The second-order valence-electron chi connectivity index (χ2n) is 9.38. The molecule has 0 spiro atoms. The van der Waals surface area contributed by atoms with Gasteiger partial charge in [-0.2, -0.15) is 0 Å². The molecule has 0 radical (unpaired) electrons. The highest BCUT2D eigenvalue weighted by Gasteiger charge is 2.32. The molecule has 0 bridgehead atoms. The highest BCUT2D eigenvalue weighted by molar-refractivity contribution is 9.10. The van der Waals surface area contributed by atoms with Crippen molar-refractivity contribution in [2.24, 2.45) is 0 Å².